The van der Waals surface area contributed by atoms with Gasteiger partial charge in [-0.3, -0.25) is 9.78 Å². The average molecular weight is 319 g/mol. The fourth-order valence-electron chi connectivity index (χ4n) is 1.82. The number of amides is 1. The summed E-state index contributed by atoms with van der Waals surface area (Å²) in [6.45, 7) is 0. The molecule has 3 N–H and O–H groups in total. The molecule has 0 radical (unpaired) electrons. The molecule has 7 heteroatoms. The van der Waals surface area contributed by atoms with E-state index in [2.05, 4.69) is 15.3 Å². The first-order chi connectivity index (χ1) is 10.1. The molecule has 3 aromatic rings. The Morgan fingerprint density at radius 1 is 1.33 bits per heavy atom. The van der Waals surface area contributed by atoms with Crippen LogP contribution in [0.3, 0.4) is 0 Å². The Morgan fingerprint density at radius 2 is 2.19 bits per heavy atom. The second kappa shape index (κ2) is 5.67. The molecule has 21 heavy (non-hydrogen) atoms. The minimum atomic E-state index is -0.169. The maximum absolute atomic E-state index is 12.0. The number of pyridine rings is 1. The van der Waals surface area contributed by atoms with Crippen LogP contribution in [0.15, 0.2) is 36.5 Å². The summed E-state index contributed by atoms with van der Waals surface area (Å²) in [5.74, 6) is -0.169. The molecule has 0 aliphatic rings. The van der Waals surface area contributed by atoms with Crippen molar-refractivity contribution in [2.75, 3.05) is 11.1 Å². The molecule has 0 aliphatic carbocycles. The van der Waals surface area contributed by atoms with Crippen LogP contribution in [-0.2, 0) is 11.2 Å². The topological polar surface area (TPSA) is 80.9 Å². The Kier molecular flexibility index (Phi) is 3.72. The Balaban J connectivity index is 1.72. The van der Waals surface area contributed by atoms with E-state index in [1.54, 1.807) is 18.2 Å². The van der Waals surface area contributed by atoms with Gasteiger partial charge in [0.2, 0.25) is 5.91 Å². The lowest BCUT2D eigenvalue weighted by Crippen LogP contribution is -2.14. The summed E-state index contributed by atoms with van der Waals surface area (Å²) in [5, 5.41) is 3.97. The third kappa shape index (κ3) is 3.29. The van der Waals surface area contributed by atoms with Crippen molar-refractivity contribution < 1.29 is 4.79 Å². The summed E-state index contributed by atoms with van der Waals surface area (Å²) in [7, 11) is 0. The van der Waals surface area contributed by atoms with Crippen molar-refractivity contribution in [1.82, 2.24) is 9.97 Å². The minimum absolute atomic E-state index is 0.169. The van der Waals surface area contributed by atoms with E-state index in [0.29, 0.717) is 21.5 Å². The first-order valence-electron chi connectivity index (χ1n) is 6.16. The number of halogens is 1. The van der Waals surface area contributed by atoms with Crippen LogP contribution in [-0.4, -0.2) is 15.9 Å². The fourth-order valence-corrected chi connectivity index (χ4v) is 2.98. The van der Waals surface area contributed by atoms with Crippen molar-refractivity contribution in [2.45, 2.75) is 6.42 Å². The van der Waals surface area contributed by atoms with E-state index in [9.17, 15) is 4.79 Å². The number of aromatic nitrogens is 2. The molecule has 0 aliphatic heterocycles. The SMILES string of the molecule is Nc1ccc(CC(=O)Nc2nc3ccc(Cl)cc3s2)nc1. The number of carbonyl (C=O) groups excluding carboxylic acids is 1. The zero-order chi connectivity index (χ0) is 14.8. The van der Waals surface area contributed by atoms with Crippen LogP contribution >= 0.6 is 22.9 Å². The lowest BCUT2D eigenvalue weighted by Gasteiger charge is -2.01. The molecular formula is C14H11ClN4OS. The molecule has 0 atom stereocenters. The number of hydrogen-bond donors (Lipinski definition) is 2. The highest BCUT2D eigenvalue weighted by molar-refractivity contribution is 7.22. The van der Waals surface area contributed by atoms with Gasteiger partial charge >= 0.3 is 0 Å². The minimum Gasteiger partial charge on any atom is -0.397 e. The molecule has 0 fully saturated rings. The van der Waals surface area contributed by atoms with Gasteiger partial charge in [-0.05, 0) is 30.3 Å². The zero-order valence-electron chi connectivity index (χ0n) is 10.8. The number of nitrogen functional groups attached to an aromatic ring is 1. The van der Waals surface area contributed by atoms with Gasteiger partial charge in [0.1, 0.15) is 0 Å². The quantitative estimate of drug-likeness (QED) is 0.777. The number of carbonyl (C=O) groups is 1. The molecule has 5 nitrogen and oxygen atoms in total. The molecule has 1 amide bonds. The predicted molar refractivity (Wildman–Crippen MR) is 85.6 cm³/mol. The molecule has 0 saturated heterocycles. The van der Waals surface area contributed by atoms with Crippen LogP contribution in [0.25, 0.3) is 10.2 Å². The van der Waals surface area contributed by atoms with Gasteiger partial charge < -0.3 is 11.1 Å². The van der Waals surface area contributed by atoms with Crippen molar-refractivity contribution in [2.24, 2.45) is 0 Å². The number of nitrogens with two attached hydrogens (primary N) is 1. The highest BCUT2D eigenvalue weighted by Gasteiger charge is 2.09. The van der Waals surface area contributed by atoms with Crippen LogP contribution < -0.4 is 11.1 Å². The van der Waals surface area contributed by atoms with Gasteiger partial charge in [0.05, 0.1) is 28.5 Å². The molecule has 0 saturated carbocycles. The number of fused-ring (bicyclic) bond motifs is 1. The van der Waals surface area contributed by atoms with Crippen molar-refractivity contribution in [3.8, 4) is 0 Å². The molecule has 106 valence electrons. The van der Waals surface area contributed by atoms with Crippen LogP contribution in [0.2, 0.25) is 5.02 Å². The van der Waals surface area contributed by atoms with Gasteiger partial charge in [-0.2, -0.15) is 0 Å². The van der Waals surface area contributed by atoms with Crippen LogP contribution in [0.5, 0.6) is 0 Å². The molecule has 2 heterocycles. The van der Waals surface area contributed by atoms with E-state index in [-0.39, 0.29) is 12.3 Å². The summed E-state index contributed by atoms with van der Waals surface area (Å²) >= 11 is 7.31. The number of benzene rings is 1. The van der Waals surface area contributed by atoms with Crippen molar-refractivity contribution >= 4 is 49.9 Å². The highest BCUT2D eigenvalue weighted by atomic mass is 35.5. The number of rotatable bonds is 3. The standard InChI is InChI=1S/C14H11ClN4OS/c15-8-1-4-11-12(5-8)21-14(18-11)19-13(20)6-10-3-2-9(16)7-17-10/h1-5,7H,6,16H2,(H,18,19,20). The van der Waals surface area contributed by atoms with Crippen molar-refractivity contribution in [3.05, 3.63) is 47.2 Å². The summed E-state index contributed by atoms with van der Waals surface area (Å²) in [6, 6.07) is 8.87. The fraction of sp³-hybridized carbons (Fsp3) is 0.0714. The second-order valence-electron chi connectivity index (χ2n) is 4.44. The Morgan fingerprint density at radius 3 is 2.95 bits per heavy atom. The van der Waals surface area contributed by atoms with Crippen molar-refractivity contribution in [1.29, 1.82) is 0 Å². The maximum atomic E-state index is 12.0. The zero-order valence-corrected chi connectivity index (χ0v) is 12.4. The molecule has 0 spiro atoms. The van der Waals surface area contributed by atoms with E-state index in [0.717, 1.165) is 10.2 Å². The van der Waals surface area contributed by atoms with E-state index in [1.807, 2.05) is 12.1 Å². The summed E-state index contributed by atoms with van der Waals surface area (Å²) in [5.41, 5.74) is 7.59. The monoisotopic (exact) mass is 318 g/mol. The maximum Gasteiger partial charge on any atom is 0.232 e. The molecule has 0 bridgehead atoms. The summed E-state index contributed by atoms with van der Waals surface area (Å²) < 4.78 is 0.934. The number of nitrogens with zero attached hydrogens (tertiary/aromatic N) is 2. The number of hydrogen-bond acceptors (Lipinski definition) is 5. The van der Waals surface area contributed by atoms with Crippen molar-refractivity contribution in [3.63, 3.8) is 0 Å². The highest BCUT2D eigenvalue weighted by Crippen LogP contribution is 2.28. The number of anilines is 2. The normalized spacial score (nSPS) is 10.7. The average Bonchev–Trinajstić information content (AvgIpc) is 2.82. The number of thiazole rings is 1. The first kappa shape index (κ1) is 13.8. The van der Waals surface area contributed by atoms with E-state index in [4.69, 9.17) is 17.3 Å². The third-order valence-electron chi connectivity index (χ3n) is 2.79. The van der Waals surface area contributed by atoms with E-state index >= 15 is 0 Å². The molecular weight excluding hydrogens is 308 g/mol. The van der Waals surface area contributed by atoms with Gasteiger partial charge in [0.15, 0.2) is 5.13 Å². The Bertz CT molecular complexity index is 800. The third-order valence-corrected chi connectivity index (χ3v) is 3.95. The van der Waals surface area contributed by atoms with Crippen LogP contribution in [0, 0.1) is 0 Å². The predicted octanol–water partition coefficient (Wildman–Crippen LogP) is 3.11. The second-order valence-corrected chi connectivity index (χ2v) is 5.91. The van der Waals surface area contributed by atoms with Gasteiger partial charge in [-0.1, -0.05) is 22.9 Å². The van der Waals surface area contributed by atoms with Gasteiger partial charge in [0.25, 0.3) is 0 Å². The molecule has 1 aromatic carbocycles. The Hall–Kier alpha value is -2.18. The van der Waals surface area contributed by atoms with Gasteiger partial charge in [-0.15, -0.1) is 0 Å². The first-order valence-corrected chi connectivity index (χ1v) is 7.36. The Labute approximate surface area is 129 Å². The largest absolute Gasteiger partial charge is 0.397 e. The molecule has 3 rings (SSSR count). The van der Waals surface area contributed by atoms with Crippen LogP contribution in [0.4, 0.5) is 10.8 Å². The number of nitrogens with one attached hydrogen (secondary N) is 1. The van der Waals surface area contributed by atoms with Gasteiger partial charge in [0, 0.05) is 10.7 Å². The summed E-state index contributed by atoms with van der Waals surface area (Å²) in [6.07, 6.45) is 1.71. The lowest BCUT2D eigenvalue weighted by atomic mass is 10.2. The summed E-state index contributed by atoms with van der Waals surface area (Å²) in [4.78, 5) is 20.4. The van der Waals surface area contributed by atoms with E-state index < -0.39 is 0 Å². The van der Waals surface area contributed by atoms with Crippen LogP contribution in [0.1, 0.15) is 5.69 Å². The van der Waals surface area contributed by atoms with E-state index in [1.165, 1.54) is 17.5 Å². The smallest absolute Gasteiger partial charge is 0.232 e. The van der Waals surface area contributed by atoms with Gasteiger partial charge in [-0.25, -0.2) is 4.98 Å². The molecule has 2 aromatic heterocycles. The lowest BCUT2D eigenvalue weighted by molar-refractivity contribution is -0.115. The molecule has 0 unspecified atom stereocenters.